The van der Waals surface area contributed by atoms with Crippen LogP contribution in [0.25, 0.3) is 11.0 Å². The third-order valence-corrected chi connectivity index (χ3v) is 3.00. The normalized spacial score (nSPS) is 25.3. The van der Waals surface area contributed by atoms with Gasteiger partial charge >= 0.3 is 0 Å². The Morgan fingerprint density at radius 3 is 3.00 bits per heavy atom. The average Bonchev–Trinajstić information content (AvgIpc) is 2.84. The lowest BCUT2D eigenvalue weighted by Gasteiger charge is -2.09. The summed E-state index contributed by atoms with van der Waals surface area (Å²) in [5.41, 5.74) is 1.93. The van der Waals surface area contributed by atoms with Crippen molar-refractivity contribution >= 4 is 11.0 Å². The number of hydrogen-bond donors (Lipinski definition) is 4. The zero-order valence-corrected chi connectivity index (χ0v) is 8.53. The van der Waals surface area contributed by atoms with Gasteiger partial charge < -0.3 is 15.1 Å². The minimum atomic E-state index is -0.461. The molecular formula is C10H12N4O2. The van der Waals surface area contributed by atoms with Crippen molar-refractivity contribution in [3.05, 3.63) is 28.4 Å². The SMILES string of the molecule is O=c1[nH]cnc2c([C@H]3CC[C@@H](O)N3)c[nH]c12. The third-order valence-electron chi connectivity index (χ3n) is 3.00. The van der Waals surface area contributed by atoms with Gasteiger partial charge in [0.05, 0.1) is 6.33 Å². The number of H-pyrrole nitrogens is 2. The monoisotopic (exact) mass is 220 g/mol. The summed E-state index contributed by atoms with van der Waals surface area (Å²) < 4.78 is 0. The van der Waals surface area contributed by atoms with Crippen molar-refractivity contribution in [2.45, 2.75) is 25.1 Å². The molecule has 2 aromatic heterocycles. The van der Waals surface area contributed by atoms with E-state index in [0.29, 0.717) is 11.0 Å². The molecular weight excluding hydrogens is 208 g/mol. The molecule has 0 bridgehead atoms. The number of hydrogen-bond acceptors (Lipinski definition) is 4. The van der Waals surface area contributed by atoms with Gasteiger partial charge in [0, 0.05) is 17.8 Å². The molecule has 3 rings (SSSR count). The van der Waals surface area contributed by atoms with Crippen LogP contribution in [-0.2, 0) is 0 Å². The van der Waals surface area contributed by atoms with Crippen LogP contribution >= 0.6 is 0 Å². The van der Waals surface area contributed by atoms with Crippen molar-refractivity contribution in [1.29, 1.82) is 0 Å². The van der Waals surface area contributed by atoms with Gasteiger partial charge in [0.15, 0.2) is 0 Å². The average molecular weight is 220 g/mol. The molecule has 1 saturated heterocycles. The van der Waals surface area contributed by atoms with Crippen molar-refractivity contribution in [2.24, 2.45) is 0 Å². The largest absolute Gasteiger partial charge is 0.379 e. The number of aromatic amines is 2. The second-order valence-corrected chi connectivity index (χ2v) is 4.01. The van der Waals surface area contributed by atoms with Gasteiger partial charge in [0.2, 0.25) is 0 Å². The number of nitrogens with one attached hydrogen (secondary N) is 3. The zero-order chi connectivity index (χ0) is 11.1. The predicted octanol–water partition coefficient (Wildman–Crippen LogP) is -0.00590. The second kappa shape index (κ2) is 3.43. The highest BCUT2D eigenvalue weighted by atomic mass is 16.3. The zero-order valence-electron chi connectivity index (χ0n) is 8.53. The van der Waals surface area contributed by atoms with E-state index in [4.69, 9.17) is 0 Å². The molecule has 0 spiro atoms. The minimum Gasteiger partial charge on any atom is -0.379 e. The molecule has 84 valence electrons. The smallest absolute Gasteiger partial charge is 0.275 e. The quantitative estimate of drug-likeness (QED) is 0.544. The van der Waals surface area contributed by atoms with Crippen LogP contribution in [0.4, 0.5) is 0 Å². The maximum Gasteiger partial charge on any atom is 0.275 e. The summed E-state index contributed by atoms with van der Waals surface area (Å²) in [6.07, 6.45) is 4.29. The van der Waals surface area contributed by atoms with Crippen LogP contribution in [0.15, 0.2) is 17.3 Å². The van der Waals surface area contributed by atoms with Crippen molar-refractivity contribution in [3.63, 3.8) is 0 Å². The van der Waals surface area contributed by atoms with Gasteiger partial charge in [-0.3, -0.25) is 10.1 Å². The van der Waals surface area contributed by atoms with Crippen molar-refractivity contribution in [1.82, 2.24) is 20.3 Å². The van der Waals surface area contributed by atoms with E-state index in [-0.39, 0.29) is 11.6 Å². The minimum absolute atomic E-state index is 0.0676. The fourth-order valence-corrected chi connectivity index (χ4v) is 2.21. The fraction of sp³-hybridized carbons (Fsp3) is 0.400. The molecule has 0 aliphatic carbocycles. The Balaban J connectivity index is 2.11. The van der Waals surface area contributed by atoms with Crippen LogP contribution in [0.3, 0.4) is 0 Å². The summed E-state index contributed by atoms with van der Waals surface area (Å²) in [7, 11) is 0. The molecule has 2 atom stereocenters. The Hall–Kier alpha value is -1.66. The Kier molecular flexibility index (Phi) is 2.05. The molecule has 16 heavy (non-hydrogen) atoms. The Morgan fingerprint density at radius 2 is 2.25 bits per heavy atom. The van der Waals surface area contributed by atoms with Gasteiger partial charge in [0.25, 0.3) is 5.56 Å². The lowest BCUT2D eigenvalue weighted by Crippen LogP contribution is -2.23. The second-order valence-electron chi connectivity index (χ2n) is 4.01. The maximum atomic E-state index is 11.5. The van der Waals surface area contributed by atoms with Crippen LogP contribution in [-0.4, -0.2) is 26.3 Å². The van der Waals surface area contributed by atoms with E-state index < -0.39 is 6.23 Å². The van der Waals surface area contributed by atoms with E-state index in [1.54, 1.807) is 6.20 Å². The number of aliphatic hydroxyl groups is 1. The Labute approximate surface area is 90.7 Å². The summed E-state index contributed by atoms with van der Waals surface area (Å²) >= 11 is 0. The molecule has 6 heteroatoms. The number of rotatable bonds is 1. The topological polar surface area (TPSA) is 93.8 Å². The number of aromatic nitrogens is 3. The van der Waals surface area contributed by atoms with Crippen LogP contribution in [0.1, 0.15) is 24.4 Å². The van der Waals surface area contributed by atoms with Crippen LogP contribution in [0.5, 0.6) is 0 Å². The highest BCUT2D eigenvalue weighted by Crippen LogP contribution is 2.28. The van der Waals surface area contributed by atoms with Gasteiger partial charge in [-0.15, -0.1) is 0 Å². The molecule has 4 N–H and O–H groups in total. The van der Waals surface area contributed by atoms with Crippen molar-refractivity contribution < 1.29 is 5.11 Å². The highest BCUT2D eigenvalue weighted by molar-refractivity contribution is 5.78. The number of fused-ring (bicyclic) bond motifs is 1. The standard InChI is InChI=1S/C10H12N4O2/c15-7-2-1-6(14-7)5-3-11-9-8(5)12-4-13-10(9)16/h3-4,6-7,11,14-15H,1-2H2,(H,12,13,16)/t6-,7-/m1/s1. The summed E-state index contributed by atoms with van der Waals surface area (Å²) in [5, 5.41) is 12.5. The molecule has 0 unspecified atom stereocenters. The van der Waals surface area contributed by atoms with E-state index in [1.165, 1.54) is 6.33 Å². The molecule has 0 aromatic carbocycles. The molecule has 0 radical (unpaired) electrons. The predicted molar refractivity (Wildman–Crippen MR) is 57.8 cm³/mol. The third kappa shape index (κ3) is 1.35. The molecule has 2 aromatic rings. The van der Waals surface area contributed by atoms with Gasteiger partial charge in [-0.25, -0.2) is 4.98 Å². The number of aliphatic hydroxyl groups excluding tert-OH is 1. The number of nitrogens with zero attached hydrogens (tertiary/aromatic N) is 1. The van der Waals surface area contributed by atoms with Crippen LogP contribution in [0.2, 0.25) is 0 Å². The van der Waals surface area contributed by atoms with Gasteiger partial charge in [-0.1, -0.05) is 0 Å². The summed E-state index contributed by atoms with van der Waals surface area (Å²) in [5.74, 6) is 0. The summed E-state index contributed by atoms with van der Waals surface area (Å²) in [4.78, 5) is 21.1. The molecule has 1 aliphatic heterocycles. The van der Waals surface area contributed by atoms with E-state index >= 15 is 0 Å². The van der Waals surface area contributed by atoms with E-state index in [1.807, 2.05) is 0 Å². The lowest BCUT2D eigenvalue weighted by molar-refractivity contribution is 0.155. The first-order valence-corrected chi connectivity index (χ1v) is 5.24. The molecule has 6 nitrogen and oxygen atoms in total. The Bertz CT molecular complexity index is 573. The van der Waals surface area contributed by atoms with E-state index in [2.05, 4.69) is 20.3 Å². The van der Waals surface area contributed by atoms with Crippen LogP contribution in [0, 0.1) is 0 Å². The molecule has 0 saturated carbocycles. The Morgan fingerprint density at radius 1 is 1.38 bits per heavy atom. The lowest BCUT2D eigenvalue weighted by atomic mass is 10.1. The van der Waals surface area contributed by atoms with Crippen molar-refractivity contribution in [2.75, 3.05) is 0 Å². The van der Waals surface area contributed by atoms with Crippen molar-refractivity contribution in [3.8, 4) is 0 Å². The van der Waals surface area contributed by atoms with Crippen LogP contribution < -0.4 is 10.9 Å². The van der Waals surface area contributed by atoms with E-state index in [0.717, 1.165) is 18.4 Å². The fourth-order valence-electron chi connectivity index (χ4n) is 2.21. The van der Waals surface area contributed by atoms with Gasteiger partial charge in [0.1, 0.15) is 17.3 Å². The maximum absolute atomic E-state index is 11.5. The van der Waals surface area contributed by atoms with Gasteiger partial charge in [-0.2, -0.15) is 0 Å². The molecule has 1 aliphatic rings. The first-order chi connectivity index (χ1) is 7.75. The first kappa shape index (κ1) is 9.56. The summed E-state index contributed by atoms with van der Waals surface area (Å²) in [6, 6.07) is 0.0676. The van der Waals surface area contributed by atoms with E-state index in [9.17, 15) is 9.90 Å². The molecule has 0 amide bonds. The van der Waals surface area contributed by atoms with Gasteiger partial charge in [-0.05, 0) is 12.8 Å². The highest BCUT2D eigenvalue weighted by Gasteiger charge is 2.25. The first-order valence-electron chi connectivity index (χ1n) is 5.24. The molecule has 3 heterocycles. The molecule has 1 fully saturated rings. The summed E-state index contributed by atoms with van der Waals surface area (Å²) in [6.45, 7) is 0.